The Kier molecular flexibility index (Phi) is 4.36. The Hall–Kier alpha value is -2.29. The lowest BCUT2D eigenvalue weighted by Gasteiger charge is -2.06. The van der Waals surface area contributed by atoms with Crippen LogP contribution in [0.4, 0.5) is 0 Å². The minimum absolute atomic E-state index is 0.660. The summed E-state index contributed by atoms with van der Waals surface area (Å²) in [5, 5.41) is 3.49. The highest BCUT2D eigenvalue weighted by Crippen LogP contribution is 2.12. The van der Waals surface area contributed by atoms with E-state index < -0.39 is 0 Å². The third-order valence-corrected chi connectivity index (χ3v) is 2.58. The van der Waals surface area contributed by atoms with Crippen LogP contribution in [0.25, 0.3) is 0 Å². The second kappa shape index (κ2) is 6.45. The zero-order chi connectivity index (χ0) is 12.6. The molecule has 0 saturated heterocycles. The second-order valence-corrected chi connectivity index (χ2v) is 3.93. The van der Waals surface area contributed by atoms with Gasteiger partial charge in [0.15, 0.2) is 0 Å². The molecule has 18 heavy (non-hydrogen) atoms. The van der Waals surface area contributed by atoms with Crippen molar-refractivity contribution in [2.75, 3.05) is 6.61 Å². The van der Waals surface area contributed by atoms with Gasteiger partial charge in [0.05, 0.1) is 12.8 Å². The number of ether oxygens (including phenoxy) is 1. The number of hydrazone groups is 1. The van der Waals surface area contributed by atoms with E-state index in [9.17, 15) is 0 Å². The molecule has 0 aliphatic rings. The first kappa shape index (κ1) is 12.2. The van der Waals surface area contributed by atoms with Crippen LogP contribution in [0.5, 0.6) is 5.75 Å². The number of rotatable bonds is 5. The maximum Gasteiger partial charge on any atom is 0.119 e. The van der Waals surface area contributed by atoms with E-state index in [4.69, 9.17) is 10.6 Å². The Labute approximate surface area is 107 Å². The summed E-state index contributed by atoms with van der Waals surface area (Å²) >= 11 is 0. The van der Waals surface area contributed by atoms with Crippen LogP contribution in [-0.4, -0.2) is 12.8 Å². The lowest BCUT2D eigenvalue weighted by atomic mass is 10.2. The molecule has 0 amide bonds. The minimum atomic E-state index is 0.660. The fraction of sp³-hybridized carbons (Fsp3) is 0.133. The average Bonchev–Trinajstić information content (AvgIpc) is 2.41. The van der Waals surface area contributed by atoms with Crippen LogP contribution in [0.1, 0.15) is 11.1 Å². The van der Waals surface area contributed by atoms with Crippen molar-refractivity contribution in [1.82, 2.24) is 0 Å². The van der Waals surface area contributed by atoms with Crippen LogP contribution >= 0.6 is 0 Å². The van der Waals surface area contributed by atoms with Gasteiger partial charge in [0.2, 0.25) is 0 Å². The van der Waals surface area contributed by atoms with Gasteiger partial charge in [-0.15, -0.1) is 0 Å². The van der Waals surface area contributed by atoms with Crippen molar-refractivity contribution in [2.24, 2.45) is 10.9 Å². The van der Waals surface area contributed by atoms with Gasteiger partial charge in [0, 0.05) is 6.42 Å². The summed E-state index contributed by atoms with van der Waals surface area (Å²) in [5.41, 5.74) is 2.21. The highest BCUT2D eigenvalue weighted by atomic mass is 16.5. The predicted molar refractivity (Wildman–Crippen MR) is 73.9 cm³/mol. The van der Waals surface area contributed by atoms with Gasteiger partial charge in [0.25, 0.3) is 0 Å². The van der Waals surface area contributed by atoms with Gasteiger partial charge in [-0.1, -0.05) is 42.5 Å². The highest BCUT2D eigenvalue weighted by Gasteiger charge is 1.96. The maximum atomic E-state index is 5.69. The molecule has 0 aliphatic heterocycles. The van der Waals surface area contributed by atoms with Crippen LogP contribution in [0.3, 0.4) is 0 Å². The summed E-state index contributed by atoms with van der Waals surface area (Å²) in [6, 6.07) is 18.0. The molecule has 0 aliphatic carbocycles. The fourth-order valence-corrected chi connectivity index (χ4v) is 1.70. The molecule has 0 fully saturated rings. The predicted octanol–water partition coefficient (Wildman–Crippen LogP) is 2.60. The molecule has 0 bridgehead atoms. The Morgan fingerprint density at radius 2 is 1.89 bits per heavy atom. The summed E-state index contributed by atoms with van der Waals surface area (Å²) in [4.78, 5) is 0. The summed E-state index contributed by atoms with van der Waals surface area (Å²) in [7, 11) is 0. The number of nitrogens with two attached hydrogens (primary N) is 1. The third-order valence-electron chi connectivity index (χ3n) is 2.58. The van der Waals surface area contributed by atoms with Crippen LogP contribution < -0.4 is 10.6 Å². The Balaban J connectivity index is 1.88. The van der Waals surface area contributed by atoms with Crippen LogP contribution in [0.15, 0.2) is 59.7 Å². The highest BCUT2D eigenvalue weighted by molar-refractivity contribution is 5.79. The van der Waals surface area contributed by atoms with Crippen molar-refractivity contribution in [3.63, 3.8) is 0 Å². The van der Waals surface area contributed by atoms with Crippen LogP contribution in [0.2, 0.25) is 0 Å². The second-order valence-electron chi connectivity index (χ2n) is 3.93. The number of benzene rings is 2. The SMILES string of the molecule is NN=Cc1cccc(OCCc2ccccc2)c1. The summed E-state index contributed by atoms with van der Waals surface area (Å²) < 4.78 is 5.69. The molecule has 0 saturated carbocycles. The van der Waals surface area contributed by atoms with Crippen molar-refractivity contribution in [3.8, 4) is 5.75 Å². The van der Waals surface area contributed by atoms with Gasteiger partial charge < -0.3 is 10.6 Å². The molecular formula is C15H16N2O. The average molecular weight is 240 g/mol. The Morgan fingerprint density at radius 1 is 1.06 bits per heavy atom. The largest absolute Gasteiger partial charge is 0.493 e. The summed E-state index contributed by atoms with van der Waals surface area (Å²) in [6.07, 6.45) is 2.50. The molecule has 3 nitrogen and oxygen atoms in total. The molecule has 2 aromatic rings. The maximum absolute atomic E-state index is 5.69. The molecule has 0 unspecified atom stereocenters. The lowest BCUT2D eigenvalue weighted by molar-refractivity contribution is 0.322. The Morgan fingerprint density at radius 3 is 2.67 bits per heavy atom. The van der Waals surface area contributed by atoms with E-state index >= 15 is 0 Å². The molecule has 0 heterocycles. The lowest BCUT2D eigenvalue weighted by Crippen LogP contribution is -2.01. The van der Waals surface area contributed by atoms with E-state index in [-0.39, 0.29) is 0 Å². The smallest absolute Gasteiger partial charge is 0.119 e. The van der Waals surface area contributed by atoms with Crippen molar-refractivity contribution in [1.29, 1.82) is 0 Å². The molecule has 2 N–H and O–H groups in total. The first-order valence-electron chi connectivity index (χ1n) is 5.88. The molecule has 3 heteroatoms. The zero-order valence-corrected chi connectivity index (χ0v) is 10.1. The number of nitrogens with zero attached hydrogens (tertiary/aromatic N) is 1. The van der Waals surface area contributed by atoms with Gasteiger partial charge in [-0.05, 0) is 23.3 Å². The van der Waals surface area contributed by atoms with Crippen molar-refractivity contribution in [3.05, 3.63) is 65.7 Å². The van der Waals surface area contributed by atoms with Gasteiger partial charge in [-0.3, -0.25) is 0 Å². The monoisotopic (exact) mass is 240 g/mol. The topological polar surface area (TPSA) is 47.6 Å². The van der Waals surface area contributed by atoms with Crippen molar-refractivity contribution >= 4 is 6.21 Å². The first-order valence-corrected chi connectivity index (χ1v) is 5.88. The van der Waals surface area contributed by atoms with E-state index in [1.54, 1.807) is 6.21 Å². The molecule has 0 aromatic heterocycles. The molecule has 92 valence electrons. The number of hydrogen-bond donors (Lipinski definition) is 1. The van der Waals surface area contributed by atoms with Gasteiger partial charge in [0.1, 0.15) is 5.75 Å². The summed E-state index contributed by atoms with van der Waals surface area (Å²) in [5.74, 6) is 5.95. The molecule has 0 radical (unpaired) electrons. The molecule has 0 spiro atoms. The Bertz CT molecular complexity index is 509. The molecule has 2 rings (SSSR count). The van der Waals surface area contributed by atoms with E-state index in [1.165, 1.54) is 5.56 Å². The zero-order valence-electron chi connectivity index (χ0n) is 10.1. The van der Waals surface area contributed by atoms with E-state index in [0.29, 0.717) is 6.61 Å². The number of hydrogen-bond acceptors (Lipinski definition) is 3. The van der Waals surface area contributed by atoms with Gasteiger partial charge >= 0.3 is 0 Å². The summed E-state index contributed by atoms with van der Waals surface area (Å²) in [6.45, 7) is 0.660. The quantitative estimate of drug-likeness (QED) is 0.496. The van der Waals surface area contributed by atoms with Gasteiger partial charge in [-0.2, -0.15) is 5.10 Å². The van der Waals surface area contributed by atoms with Crippen molar-refractivity contribution in [2.45, 2.75) is 6.42 Å². The van der Waals surface area contributed by atoms with Gasteiger partial charge in [-0.25, -0.2) is 0 Å². The van der Waals surface area contributed by atoms with E-state index in [2.05, 4.69) is 17.2 Å². The normalized spacial score (nSPS) is 10.7. The van der Waals surface area contributed by atoms with Crippen LogP contribution in [-0.2, 0) is 6.42 Å². The first-order chi connectivity index (χ1) is 8.88. The minimum Gasteiger partial charge on any atom is -0.493 e. The fourth-order valence-electron chi connectivity index (χ4n) is 1.70. The molecule has 2 aromatic carbocycles. The molecular weight excluding hydrogens is 224 g/mol. The third kappa shape index (κ3) is 3.63. The van der Waals surface area contributed by atoms with Crippen LogP contribution in [0, 0.1) is 0 Å². The molecule has 0 atom stereocenters. The van der Waals surface area contributed by atoms with Crippen molar-refractivity contribution < 1.29 is 4.74 Å². The van der Waals surface area contributed by atoms with E-state index in [0.717, 1.165) is 17.7 Å². The standard InChI is InChI=1S/C15H16N2O/c16-17-12-14-7-4-8-15(11-14)18-10-9-13-5-2-1-3-6-13/h1-8,11-12H,9-10,16H2. The van der Waals surface area contributed by atoms with E-state index in [1.807, 2.05) is 42.5 Å².